The number of thiazole rings is 1. The summed E-state index contributed by atoms with van der Waals surface area (Å²) >= 11 is 1.50. The van der Waals surface area contributed by atoms with Gasteiger partial charge in [-0.05, 0) is 43.7 Å². The van der Waals surface area contributed by atoms with Gasteiger partial charge in [-0.1, -0.05) is 24.3 Å². The Bertz CT molecular complexity index is 1320. The first-order chi connectivity index (χ1) is 16.9. The third kappa shape index (κ3) is 4.61. The Kier molecular flexibility index (Phi) is 7.12. The van der Waals surface area contributed by atoms with Gasteiger partial charge in [0.1, 0.15) is 16.7 Å². The zero-order valence-corrected chi connectivity index (χ0v) is 21.0. The number of aliphatic imine (C=N–C) groups is 1. The number of hydrogen-bond donors (Lipinski definition) is 0. The van der Waals surface area contributed by atoms with Crippen LogP contribution in [-0.4, -0.2) is 44.0 Å². The molecule has 0 fully saturated rings. The Hall–Kier alpha value is -3.78. The number of carbonyl (C=O) groups is 2. The molecule has 0 spiro atoms. The predicted molar refractivity (Wildman–Crippen MR) is 136 cm³/mol. The van der Waals surface area contributed by atoms with Crippen molar-refractivity contribution in [3.8, 4) is 27.6 Å². The number of aromatic nitrogens is 1. The molecule has 3 aromatic rings. The Morgan fingerprint density at radius 1 is 0.943 bits per heavy atom. The number of esters is 2. The van der Waals surface area contributed by atoms with Gasteiger partial charge in [0.05, 0.1) is 32.6 Å². The molecule has 1 aromatic heterocycles. The number of carbonyl (C=O) groups excluding carboxylic acids is 2. The molecule has 0 saturated carbocycles. The van der Waals surface area contributed by atoms with Gasteiger partial charge in [0.25, 0.3) is 0 Å². The fourth-order valence-corrected chi connectivity index (χ4v) is 5.31. The normalized spacial score (nSPS) is 17.6. The maximum absolute atomic E-state index is 12.9. The zero-order chi connectivity index (χ0) is 25.1. The molecule has 2 heterocycles. The quantitative estimate of drug-likeness (QED) is 0.437. The minimum atomic E-state index is -0.764. The highest BCUT2D eigenvalue weighted by Crippen LogP contribution is 2.44. The number of rotatable bonds is 6. The van der Waals surface area contributed by atoms with Gasteiger partial charge >= 0.3 is 11.9 Å². The average molecular weight is 491 g/mol. The molecule has 1 aliphatic rings. The molecular weight excluding hydrogens is 464 g/mol. The van der Waals surface area contributed by atoms with Crippen molar-refractivity contribution in [1.82, 2.24) is 4.98 Å². The largest absolute Gasteiger partial charge is 0.497 e. The van der Waals surface area contributed by atoms with E-state index in [2.05, 4.69) is 4.99 Å². The second-order valence-corrected chi connectivity index (χ2v) is 8.93. The van der Waals surface area contributed by atoms with Crippen LogP contribution >= 0.6 is 11.3 Å². The standard InChI is InChI=1S/C27H26N2O5S/c1-15-22(26(30)33-4)24(23(16(2)28-15)27(31)34-5)19-8-6-7-9-20(19)25-29-21(14-35-25)17-10-12-18(32-3)13-11-17/h6-14,22,24H,1-5H3. The zero-order valence-electron chi connectivity index (χ0n) is 20.2. The lowest BCUT2D eigenvalue weighted by atomic mass is 9.74. The summed E-state index contributed by atoms with van der Waals surface area (Å²) < 4.78 is 15.5. The van der Waals surface area contributed by atoms with Crippen LogP contribution in [-0.2, 0) is 19.1 Å². The highest BCUT2D eigenvalue weighted by molar-refractivity contribution is 7.13. The minimum absolute atomic E-state index is 0.341. The van der Waals surface area contributed by atoms with Gasteiger partial charge in [0.15, 0.2) is 0 Å². The Balaban J connectivity index is 1.85. The summed E-state index contributed by atoms with van der Waals surface area (Å²) in [6, 6.07) is 15.4. The molecule has 2 atom stereocenters. The second kappa shape index (κ2) is 10.2. The number of ether oxygens (including phenoxy) is 3. The number of allylic oxidation sites excluding steroid dienone is 1. The van der Waals surface area contributed by atoms with E-state index in [4.69, 9.17) is 19.2 Å². The van der Waals surface area contributed by atoms with Gasteiger partial charge < -0.3 is 14.2 Å². The molecule has 7 nitrogen and oxygen atoms in total. The van der Waals surface area contributed by atoms with Crippen molar-refractivity contribution in [3.63, 3.8) is 0 Å². The van der Waals surface area contributed by atoms with Crippen LogP contribution in [0.4, 0.5) is 0 Å². The summed E-state index contributed by atoms with van der Waals surface area (Å²) in [5.74, 6) is -1.60. The summed E-state index contributed by atoms with van der Waals surface area (Å²) in [6.45, 7) is 3.53. The van der Waals surface area contributed by atoms with Crippen LogP contribution < -0.4 is 4.74 Å². The maximum Gasteiger partial charge on any atom is 0.336 e. The summed E-state index contributed by atoms with van der Waals surface area (Å²) in [5.41, 5.74) is 4.85. The van der Waals surface area contributed by atoms with Gasteiger partial charge in [-0.2, -0.15) is 0 Å². The number of benzene rings is 2. The minimum Gasteiger partial charge on any atom is -0.497 e. The summed E-state index contributed by atoms with van der Waals surface area (Å²) in [6.07, 6.45) is 0. The van der Waals surface area contributed by atoms with Crippen molar-refractivity contribution in [2.75, 3.05) is 21.3 Å². The lowest BCUT2D eigenvalue weighted by molar-refractivity contribution is -0.143. The first-order valence-corrected chi connectivity index (χ1v) is 11.9. The molecule has 0 saturated heterocycles. The van der Waals surface area contributed by atoms with E-state index in [0.717, 1.165) is 33.1 Å². The van der Waals surface area contributed by atoms with Gasteiger partial charge in [-0.15, -0.1) is 11.3 Å². The van der Waals surface area contributed by atoms with Crippen LogP contribution in [0.5, 0.6) is 5.75 Å². The van der Waals surface area contributed by atoms with Gasteiger partial charge in [0.2, 0.25) is 0 Å². The monoisotopic (exact) mass is 490 g/mol. The van der Waals surface area contributed by atoms with Gasteiger partial charge in [0, 0.05) is 33.8 Å². The highest BCUT2D eigenvalue weighted by Gasteiger charge is 2.43. The van der Waals surface area contributed by atoms with E-state index in [0.29, 0.717) is 17.0 Å². The van der Waals surface area contributed by atoms with E-state index in [9.17, 15) is 9.59 Å². The summed E-state index contributed by atoms with van der Waals surface area (Å²) in [5, 5.41) is 2.76. The third-order valence-corrected chi connectivity index (χ3v) is 6.98. The lowest BCUT2D eigenvalue weighted by Gasteiger charge is -2.32. The molecule has 2 aromatic carbocycles. The lowest BCUT2D eigenvalue weighted by Crippen LogP contribution is -2.36. The Morgan fingerprint density at radius 2 is 1.66 bits per heavy atom. The SMILES string of the molecule is COC(=O)C1=C(C)N=C(C)C(C(=O)OC)C1c1ccccc1-c1nc(-c2ccc(OC)cc2)cs1. The van der Waals surface area contributed by atoms with Gasteiger partial charge in [-0.25, -0.2) is 9.78 Å². The molecule has 180 valence electrons. The van der Waals surface area contributed by atoms with Crippen LogP contribution in [0, 0.1) is 5.92 Å². The number of methoxy groups -OCH3 is 3. The molecule has 0 radical (unpaired) electrons. The summed E-state index contributed by atoms with van der Waals surface area (Å²) in [7, 11) is 4.29. The first kappa shape index (κ1) is 24.3. The second-order valence-electron chi connectivity index (χ2n) is 8.08. The Labute approximate surface area is 208 Å². The molecule has 4 rings (SSSR count). The molecule has 2 unspecified atom stereocenters. The molecule has 0 aliphatic carbocycles. The molecular formula is C27H26N2O5S. The molecule has 35 heavy (non-hydrogen) atoms. The van der Waals surface area contributed by atoms with Crippen molar-refractivity contribution >= 4 is 29.0 Å². The molecule has 0 amide bonds. The van der Waals surface area contributed by atoms with Crippen molar-refractivity contribution < 1.29 is 23.8 Å². The van der Waals surface area contributed by atoms with Crippen LogP contribution in [0.2, 0.25) is 0 Å². The Morgan fingerprint density at radius 3 is 2.31 bits per heavy atom. The maximum atomic E-state index is 12.9. The van der Waals surface area contributed by atoms with Crippen LogP contribution in [0.3, 0.4) is 0 Å². The smallest absolute Gasteiger partial charge is 0.336 e. The van der Waals surface area contributed by atoms with Crippen LogP contribution in [0.25, 0.3) is 21.8 Å². The molecule has 0 bridgehead atoms. The van der Waals surface area contributed by atoms with E-state index in [-0.39, 0.29) is 0 Å². The van der Waals surface area contributed by atoms with Gasteiger partial charge in [-0.3, -0.25) is 9.79 Å². The fourth-order valence-electron chi connectivity index (χ4n) is 4.44. The van der Waals surface area contributed by atoms with Crippen molar-refractivity contribution in [1.29, 1.82) is 0 Å². The first-order valence-electron chi connectivity index (χ1n) is 11.0. The topological polar surface area (TPSA) is 87.1 Å². The highest BCUT2D eigenvalue weighted by atomic mass is 32.1. The van der Waals surface area contributed by atoms with E-state index in [1.807, 2.05) is 53.9 Å². The van der Waals surface area contributed by atoms with Crippen LogP contribution in [0.15, 0.2) is 70.2 Å². The summed E-state index contributed by atoms with van der Waals surface area (Å²) in [4.78, 5) is 35.2. The molecule has 8 heteroatoms. The van der Waals surface area contributed by atoms with Crippen LogP contribution in [0.1, 0.15) is 25.3 Å². The number of hydrogen-bond acceptors (Lipinski definition) is 8. The molecule has 1 aliphatic heterocycles. The van der Waals surface area contributed by atoms with E-state index >= 15 is 0 Å². The average Bonchev–Trinajstić information content (AvgIpc) is 3.37. The molecule has 0 N–H and O–H groups in total. The fraction of sp³-hybridized carbons (Fsp3) is 0.259. The third-order valence-electron chi connectivity index (χ3n) is 6.10. The van der Waals surface area contributed by atoms with E-state index in [1.54, 1.807) is 21.0 Å². The van der Waals surface area contributed by atoms with E-state index < -0.39 is 23.8 Å². The van der Waals surface area contributed by atoms with Crippen molar-refractivity contribution in [2.45, 2.75) is 19.8 Å². The van der Waals surface area contributed by atoms with Crippen molar-refractivity contribution in [2.24, 2.45) is 10.9 Å². The number of nitrogens with zero attached hydrogens (tertiary/aromatic N) is 2. The predicted octanol–water partition coefficient (Wildman–Crippen LogP) is 5.28. The van der Waals surface area contributed by atoms with E-state index in [1.165, 1.54) is 25.6 Å². The van der Waals surface area contributed by atoms with Crippen molar-refractivity contribution in [3.05, 3.63) is 70.7 Å².